The van der Waals surface area contributed by atoms with E-state index in [2.05, 4.69) is 10.2 Å². The van der Waals surface area contributed by atoms with E-state index in [1.54, 1.807) is 0 Å². The molecule has 114 valence electrons. The topological polar surface area (TPSA) is 137 Å². The smallest absolute Gasteiger partial charge is 0.344 e. The van der Waals surface area contributed by atoms with Gasteiger partial charge in [0.1, 0.15) is 0 Å². The van der Waals surface area contributed by atoms with E-state index >= 15 is 0 Å². The van der Waals surface area contributed by atoms with Crippen LogP contribution in [0.5, 0.6) is 0 Å². The summed E-state index contributed by atoms with van der Waals surface area (Å²) < 4.78 is 24.0. The van der Waals surface area contributed by atoms with Gasteiger partial charge in [0.25, 0.3) is 0 Å². The number of nitrogens with two attached hydrogens (primary N) is 2. The number of primary sulfonamides is 1. The number of hydrogen-bond donors (Lipinski definition) is 3. The Morgan fingerprint density at radius 2 is 2.05 bits per heavy atom. The van der Waals surface area contributed by atoms with Crippen LogP contribution in [0.15, 0.2) is 37.9 Å². The molecule has 21 heavy (non-hydrogen) atoms. The van der Waals surface area contributed by atoms with Crippen molar-refractivity contribution in [3.8, 4) is 0 Å². The molecule has 0 amide bonds. The summed E-state index contributed by atoms with van der Waals surface area (Å²) in [5.74, 6) is 0. The number of sulfonamides is 1. The third-order valence-electron chi connectivity index (χ3n) is 2.70. The zero-order chi connectivity index (χ0) is 15.8. The van der Waals surface area contributed by atoms with E-state index in [1.807, 2.05) is 13.8 Å². The van der Waals surface area contributed by atoms with Gasteiger partial charge in [-0.2, -0.15) is 0 Å². The minimum absolute atomic E-state index is 0.0624. The van der Waals surface area contributed by atoms with Crippen LogP contribution in [0.2, 0.25) is 0 Å². The van der Waals surface area contributed by atoms with E-state index in [-0.39, 0.29) is 22.3 Å². The van der Waals surface area contributed by atoms with Gasteiger partial charge in [-0.25, -0.2) is 23.4 Å². The largest absolute Gasteiger partial charge is 0.398 e. The van der Waals surface area contributed by atoms with Gasteiger partial charge in [0.15, 0.2) is 5.16 Å². The Bertz CT molecular complexity index is 823. The fraction of sp³-hybridized carbons (Fsp3) is 0.273. The molecule has 2 rings (SSSR count). The van der Waals surface area contributed by atoms with Crippen molar-refractivity contribution in [1.29, 1.82) is 0 Å². The van der Waals surface area contributed by atoms with Crippen LogP contribution in [0.4, 0.5) is 5.69 Å². The molecule has 0 fully saturated rings. The minimum Gasteiger partial charge on any atom is -0.398 e. The van der Waals surface area contributed by atoms with Gasteiger partial charge >= 0.3 is 5.69 Å². The van der Waals surface area contributed by atoms with Gasteiger partial charge in [-0.3, -0.25) is 4.57 Å². The molecule has 2 aromatic rings. The maximum atomic E-state index is 11.6. The van der Waals surface area contributed by atoms with Crippen LogP contribution in [-0.2, 0) is 10.0 Å². The van der Waals surface area contributed by atoms with E-state index in [0.717, 1.165) is 0 Å². The fourth-order valence-corrected chi connectivity index (χ4v) is 3.25. The number of nitrogen functional groups attached to an aromatic ring is 1. The standard InChI is InChI=1S/C11H15N5O3S2/c1-6(2)16-10(17)14-15-11(16)20-9-4-3-7(5-8(9)12)21(13,18)19/h3-6H,12H2,1-2H3,(H,14,17)(H2,13,18,19). The molecule has 1 aromatic carbocycles. The first-order valence-corrected chi connectivity index (χ1v) is 8.33. The number of nitrogens with one attached hydrogen (secondary N) is 1. The van der Waals surface area contributed by atoms with Gasteiger partial charge in [-0.05, 0) is 43.8 Å². The molecule has 1 heterocycles. The molecule has 1 aromatic heterocycles. The van der Waals surface area contributed by atoms with Crippen LogP contribution in [0, 0.1) is 0 Å². The summed E-state index contributed by atoms with van der Waals surface area (Å²) in [5.41, 5.74) is 5.77. The van der Waals surface area contributed by atoms with Crippen molar-refractivity contribution in [2.75, 3.05) is 5.73 Å². The van der Waals surface area contributed by atoms with Crippen LogP contribution in [-0.4, -0.2) is 23.2 Å². The zero-order valence-electron chi connectivity index (χ0n) is 11.4. The van der Waals surface area contributed by atoms with Crippen molar-refractivity contribution in [2.45, 2.75) is 34.8 Å². The Morgan fingerprint density at radius 3 is 2.57 bits per heavy atom. The number of nitrogens with zero attached hydrogens (tertiary/aromatic N) is 2. The number of anilines is 1. The molecule has 0 saturated carbocycles. The van der Waals surface area contributed by atoms with Gasteiger partial charge in [-0.1, -0.05) is 0 Å². The van der Waals surface area contributed by atoms with Crippen LogP contribution >= 0.6 is 11.8 Å². The lowest BCUT2D eigenvalue weighted by Crippen LogP contribution is -2.19. The quantitative estimate of drug-likeness (QED) is 0.700. The minimum atomic E-state index is -3.80. The maximum Gasteiger partial charge on any atom is 0.344 e. The zero-order valence-corrected chi connectivity index (χ0v) is 13.0. The maximum absolute atomic E-state index is 11.6. The van der Waals surface area contributed by atoms with Gasteiger partial charge in [0, 0.05) is 16.6 Å². The predicted octanol–water partition coefficient (Wildman–Crippen LogP) is 0.533. The molecule has 0 atom stereocenters. The summed E-state index contributed by atoms with van der Waals surface area (Å²) in [4.78, 5) is 12.2. The van der Waals surface area contributed by atoms with E-state index in [4.69, 9.17) is 10.9 Å². The first kappa shape index (κ1) is 15.6. The highest BCUT2D eigenvalue weighted by Gasteiger charge is 2.15. The lowest BCUT2D eigenvalue weighted by Gasteiger charge is -2.10. The second-order valence-corrected chi connectivity index (χ2v) is 7.19. The Kier molecular flexibility index (Phi) is 4.12. The second-order valence-electron chi connectivity index (χ2n) is 4.62. The third kappa shape index (κ3) is 3.28. The highest BCUT2D eigenvalue weighted by atomic mass is 32.2. The summed E-state index contributed by atoms with van der Waals surface area (Å²) in [6.07, 6.45) is 0. The first-order valence-electron chi connectivity index (χ1n) is 5.97. The Hall–Kier alpha value is -1.78. The molecule has 0 aliphatic rings. The molecular formula is C11H15N5O3S2. The number of hydrogen-bond acceptors (Lipinski definition) is 6. The van der Waals surface area contributed by atoms with Crippen LogP contribution in [0.3, 0.4) is 0 Å². The molecule has 0 radical (unpaired) electrons. The molecule has 0 spiro atoms. The summed E-state index contributed by atoms with van der Waals surface area (Å²) in [6, 6.07) is 4.10. The summed E-state index contributed by atoms with van der Waals surface area (Å²) in [7, 11) is -3.80. The van der Waals surface area contributed by atoms with E-state index in [9.17, 15) is 13.2 Å². The number of aromatic nitrogens is 3. The van der Waals surface area contributed by atoms with E-state index in [0.29, 0.717) is 10.1 Å². The van der Waals surface area contributed by atoms with Crippen LogP contribution < -0.4 is 16.6 Å². The Labute approximate surface area is 125 Å². The van der Waals surface area contributed by atoms with E-state index < -0.39 is 10.0 Å². The molecule has 0 saturated heterocycles. The summed E-state index contributed by atoms with van der Waals surface area (Å²) in [6.45, 7) is 3.71. The average molecular weight is 329 g/mol. The lowest BCUT2D eigenvalue weighted by atomic mass is 10.3. The SMILES string of the molecule is CC(C)n1c(Sc2ccc(S(N)(=O)=O)cc2N)n[nH]c1=O. The van der Waals surface area contributed by atoms with Crippen molar-refractivity contribution < 1.29 is 8.42 Å². The van der Waals surface area contributed by atoms with Gasteiger partial charge in [0.05, 0.1) is 4.90 Å². The first-order chi connectivity index (χ1) is 9.70. The molecule has 0 aliphatic heterocycles. The van der Waals surface area contributed by atoms with Crippen molar-refractivity contribution in [1.82, 2.24) is 14.8 Å². The van der Waals surface area contributed by atoms with Gasteiger partial charge < -0.3 is 5.73 Å². The molecule has 10 heteroatoms. The van der Waals surface area contributed by atoms with Crippen molar-refractivity contribution in [2.24, 2.45) is 5.14 Å². The second kappa shape index (κ2) is 5.54. The number of benzene rings is 1. The van der Waals surface area contributed by atoms with Crippen molar-refractivity contribution in [3.05, 3.63) is 28.7 Å². The van der Waals surface area contributed by atoms with Gasteiger partial charge in [-0.15, -0.1) is 5.10 Å². The number of aromatic amines is 1. The molecule has 0 bridgehead atoms. The molecule has 8 nitrogen and oxygen atoms in total. The van der Waals surface area contributed by atoms with Gasteiger partial charge in [0.2, 0.25) is 10.0 Å². The lowest BCUT2D eigenvalue weighted by molar-refractivity contribution is 0.534. The third-order valence-corrected chi connectivity index (χ3v) is 4.67. The Morgan fingerprint density at radius 1 is 1.38 bits per heavy atom. The molecule has 5 N–H and O–H groups in total. The molecule has 0 aliphatic carbocycles. The number of H-pyrrole nitrogens is 1. The average Bonchev–Trinajstić information content (AvgIpc) is 2.71. The normalized spacial score (nSPS) is 12.0. The monoisotopic (exact) mass is 329 g/mol. The highest BCUT2D eigenvalue weighted by molar-refractivity contribution is 7.99. The van der Waals surface area contributed by atoms with Crippen LogP contribution in [0.25, 0.3) is 0 Å². The Balaban J connectivity index is 2.40. The summed E-state index contributed by atoms with van der Waals surface area (Å²) in [5, 5.41) is 11.8. The predicted molar refractivity (Wildman–Crippen MR) is 79.6 cm³/mol. The van der Waals surface area contributed by atoms with Crippen LogP contribution in [0.1, 0.15) is 19.9 Å². The molecule has 0 unspecified atom stereocenters. The van der Waals surface area contributed by atoms with Crippen molar-refractivity contribution >= 4 is 27.5 Å². The molecular weight excluding hydrogens is 314 g/mol. The van der Waals surface area contributed by atoms with E-state index in [1.165, 1.54) is 34.5 Å². The number of rotatable bonds is 4. The highest BCUT2D eigenvalue weighted by Crippen LogP contribution is 2.32. The fourth-order valence-electron chi connectivity index (χ4n) is 1.71. The summed E-state index contributed by atoms with van der Waals surface area (Å²) >= 11 is 1.17. The van der Waals surface area contributed by atoms with Crippen molar-refractivity contribution in [3.63, 3.8) is 0 Å².